The van der Waals surface area contributed by atoms with Crippen LogP contribution in [-0.4, -0.2) is 45.4 Å². The Morgan fingerprint density at radius 1 is 1.14 bits per heavy atom. The first kappa shape index (κ1) is 19.9. The van der Waals surface area contributed by atoms with E-state index in [4.69, 9.17) is 16.6 Å². The molecule has 2 aliphatic rings. The molecule has 2 aromatic rings. The first-order chi connectivity index (χ1) is 13.7. The molecule has 29 heavy (non-hydrogen) atoms. The number of benzene rings is 2. The lowest BCUT2D eigenvalue weighted by atomic mass is 9.89. The summed E-state index contributed by atoms with van der Waals surface area (Å²) in [4.78, 5) is 6.87. The molecule has 2 aromatic carbocycles. The highest BCUT2D eigenvalue weighted by atomic mass is 35.5. The van der Waals surface area contributed by atoms with Gasteiger partial charge in [-0.05, 0) is 41.0 Å². The highest BCUT2D eigenvalue weighted by molar-refractivity contribution is 7.89. The third kappa shape index (κ3) is 4.14. The van der Waals surface area contributed by atoms with E-state index in [9.17, 15) is 12.8 Å². The molecule has 0 atom stereocenters. The van der Waals surface area contributed by atoms with E-state index in [1.165, 1.54) is 18.4 Å². The van der Waals surface area contributed by atoms with Gasteiger partial charge in [-0.15, -0.1) is 0 Å². The lowest BCUT2D eigenvalue weighted by Crippen LogP contribution is -2.17. The maximum absolute atomic E-state index is 13.6. The first-order valence-corrected chi connectivity index (χ1v) is 11.6. The van der Waals surface area contributed by atoms with E-state index in [1.807, 2.05) is 19.2 Å². The molecular weight excluding hydrogens is 411 g/mol. The zero-order chi connectivity index (χ0) is 20.8. The van der Waals surface area contributed by atoms with Crippen LogP contribution in [0.5, 0.6) is 0 Å². The second kappa shape index (κ2) is 7.43. The summed E-state index contributed by atoms with van der Waals surface area (Å²) in [6.07, 6.45) is 5.41. The fourth-order valence-corrected chi connectivity index (χ4v) is 4.73. The van der Waals surface area contributed by atoms with Crippen molar-refractivity contribution in [2.75, 3.05) is 26.4 Å². The summed E-state index contributed by atoms with van der Waals surface area (Å²) >= 11 is 6.34. The second-order valence-electron chi connectivity index (χ2n) is 7.45. The molecule has 0 aliphatic carbocycles. The minimum atomic E-state index is -3.17. The monoisotopic (exact) mass is 430 g/mol. The van der Waals surface area contributed by atoms with Crippen LogP contribution in [0.15, 0.2) is 59.2 Å². The van der Waals surface area contributed by atoms with Crippen molar-refractivity contribution in [2.24, 2.45) is 4.99 Å². The van der Waals surface area contributed by atoms with E-state index in [1.54, 1.807) is 12.1 Å². The Bertz CT molecular complexity index is 1200. The highest BCUT2D eigenvalue weighted by Crippen LogP contribution is 2.35. The highest BCUT2D eigenvalue weighted by Gasteiger charge is 2.25. The van der Waals surface area contributed by atoms with E-state index in [0.29, 0.717) is 28.4 Å². The van der Waals surface area contributed by atoms with Crippen LogP contribution in [0.2, 0.25) is 5.02 Å². The Hall–Kier alpha value is -2.44. The molecule has 0 unspecified atom stereocenters. The van der Waals surface area contributed by atoms with Gasteiger partial charge in [-0.25, -0.2) is 12.8 Å². The predicted octanol–water partition coefficient (Wildman–Crippen LogP) is 4.09. The standard InChI is InChI=1S/C22H20ClFN2O2S/c1-26-8-7-15-11-25-22(18-6-4-16(24)10-21(18)23)17-5-3-14(13-29(2,27)28)9-19(17)20(15)12-26/h3-7,9-10,12H,8,11,13H2,1-2H3. The molecule has 0 aromatic heterocycles. The average Bonchev–Trinajstić information content (AvgIpc) is 2.77. The third-order valence-corrected chi connectivity index (χ3v) is 6.14. The third-order valence-electron chi connectivity index (χ3n) is 4.97. The van der Waals surface area contributed by atoms with Crippen molar-refractivity contribution in [3.63, 3.8) is 0 Å². The Morgan fingerprint density at radius 2 is 1.90 bits per heavy atom. The normalized spacial score (nSPS) is 16.3. The van der Waals surface area contributed by atoms with Crippen LogP contribution in [0.1, 0.15) is 22.3 Å². The van der Waals surface area contributed by atoms with Crippen molar-refractivity contribution in [1.82, 2.24) is 4.90 Å². The van der Waals surface area contributed by atoms with E-state index in [2.05, 4.69) is 17.2 Å². The van der Waals surface area contributed by atoms with Gasteiger partial charge in [0.15, 0.2) is 9.84 Å². The van der Waals surface area contributed by atoms with Gasteiger partial charge in [0, 0.05) is 42.7 Å². The van der Waals surface area contributed by atoms with Crippen LogP contribution < -0.4 is 0 Å². The number of hydrogen-bond donors (Lipinski definition) is 0. The van der Waals surface area contributed by atoms with Gasteiger partial charge < -0.3 is 4.90 Å². The van der Waals surface area contributed by atoms with Crippen LogP contribution >= 0.6 is 11.6 Å². The van der Waals surface area contributed by atoms with Crippen molar-refractivity contribution >= 4 is 32.7 Å². The van der Waals surface area contributed by atoms with Gasteiger partial charge in [-0.2, -0.15) is 0 Å². The number of rotatable bonds is 3. The van der Waals surface area contributed by atoms with Crippen molar-refractivity contribution in [3.05, 3.63) is 87.3 Å². The molecule has 4 nitrogen and oxygen atoms in total. The molecular formula is C22H20ClFN2O2S. The van der Waals surface area contributed by atoms with Crippen LogP contribution in [0.4, 0.5) is 4.39 Å². The molecule has 0 amide bonds. The van der Waals surface area contributed by atoms with Gasteiger partial charge in [0.25, 0.3) is 0 Å². The molecule has 0 bridgehead atoms. The molecule has 0 N–H and O–H groups in total. The van der Waals surface area contributed by atoms with Crippen molar-refractivity contribution in [1.29, 1.82) is 0 Å². The van der Waals surface area contributed by atoms with Gasteiger partial charge in [-0.3, -0.25) is 4.99 Å². The molecule has 150 valence electrons. The van der Waals surface area contributed by atoms with E-state index in [0.717, 1.165) is 28.8 Å². The maximum Gasteiger partial charge on any atom is 0.151 e. The molecule has 0 saturated carbocycles. The van der Waals surface area contributed by atoms with Crippen LogP contribution in [-0.2, 0) is 15.6 Å². The fourth-order valence-electron chi connectivity index (χ4n) is 3.69. The number of hydrogen-bond acceptors (Lipinski definition) is 4. The number of likely N-dealkylation sites (N-methyl/N-ethyl adjacent to an activating group) is 1. The van der Waals surface area contributed by atoms with E-state index in [-0.39, 0.29) is 5.75 Å². The van der Waals surface area contributed by atoms with Gasteiger partial charge in [0.1, 0.15) is 5.82 Å². The van der Waals surface area contributed by atoms with E-state index >= 15 is 0 Å². The average molecular weight is 431 g/mol. The largest absolute Gasteiger partial charge is 0.376 e. The Labute approximate surface area is 174 Å². The van der Waals surface area contributed by atoms with Gasteiger partial charge >= 0.3 is 0 Å². The molecule has 2 aliphatic heterocycles. The predicted molar refractivity (Wildman–Crippen MR) is 116 cm³/mol. The maximum atomic E-state index is 13.6. The SMILES string of the molecule is CN1C=C2C(=CC1)CN=C(c1ccc(F)cc1Cl)c1ccc(CS(C)(=O)=O)cc12. The summed E-state index contributed by atoms with van der Waals surface area (Å²) in [6, 6.07) is 9.87. The summed E-state index contributed by atoms with van der Waals surface area (Å²) < 4.78 is 37.2. The fraction of sp³-hybridized carbons (Fsp3) is 0.227. The Kier molecular flexibility index (Phi) is 5.09. The molecule has 4 rings (SSSR count). The molecule has 0 saturated heterocycles. The van der Waals surface area contributed by atoms with Crippen LogP contribution in [0, 0.1) is 5.82 Å². The minimum Gasteiger partial charge on any atom is -0.376 e. The van der Waals surface area contributed by atoms with Crippen LogP contribution in [0.3, 0.4) is 0 Å². The van der Waals surface area contributed by atoms with Crippen molar-refractivity contribution in [2.45, 2.75) is 5.75 Å². The summed E-state index contributed by atoms with van der Waals surface area (Å²) in [5, 5.41) is 0.292. The van der Waals surface area contributed by atoms with Gasteiger partial charge in [-0.1, -0.05) is 29.8 Å². The second-order valence-corrected chi connectivity index (χ2v) is 10.00. The molecule has 0 radical (unpaired) electrons. The number of halogens is 2. The molecule has 7 heteroatoms. The summed E-state index contributed by atoms with van der Waals surface area (Å²) in [5.74, 6) is -0.441. The number of nitrogens with zero attached hydrogens (tertiary/aromatic N) is 2. The zero-order valence-corrected chi connectivity index (χ0v) is 17.7. The molecule has 0 spiro atoms. The number of fused-ring (bicyclic) bond motifs is 3. The Morgan fingerprint density at radius 3 is 2.62 bits per heavy atom. The minimum absolute atomic E-state index is 0.0355. The number of sulfone groups is 1. The van der Waals surface area contributed by atoms with Gasteiger partial charge in [0.2, 0.25) is 0 Å². The smallest absolute Gasteiger partial charge is 0.151 e. The lowest BCUT2D eigenvalue weighted by Gasteiger charge is -2.23. The molecule has 2 heterocycles. The Balaban J connectivity index is 1.94. The lowest BCUT2D eigenvalue weighted by molar-refractivity contribution is 0.504. The topological polar surface area (TPSA) is 49.7 Å². The van der Waals surface area contributed by atoms with E-state index < -0.39 is 15.7 Å². The summed E-state index contributed by atoms with van der Waals surface area (Å²) in [5.41, 5.74) is 5.88. The van der Waals surface area contributed by atoms with Crippen molar-refractivity contribution < 1.29 is 12.8 Å². The summed E-state index contributed by atoms with van der Waals surface area (Å²) in [6.45, 7) is 1.25. The summed E-state index contributed by atoms with van der Waals surface area (Å²) in [7, 11) is -1.18. The first-order valence-electron chi connectivity index (χ1n) is 9.14. The quantitative estimate of drug-likeness (QED) is 0.737. The number of aliphatic imine (C=N–C) groups is 1. The van der Waals surface area contributed by atoms with Crippen molar-refractivity contribution in [3.8, 4) is 0 Å². The van der Waals surface area contributed by atoms with Crippen LogP contribution in [0.25, 0.3) is 5.57 Å². The zero-order valence-electron chi connectivity index (χ0n) is 16.1. The van der Waals surface area contributed by atoms with Gasteiger partial charge in [0.05, 0.1) is 23.0 Å². The molecule has 0 fully saturated rings.